The van der Waals surface area contributed by atoms with Gasteiger partial charge in [0.1, 0.15) is 17.1 Å². The Morgan fingerprint density at radius 3 is 2.64 bits per heavy atom. The summed E-state index contributed by atoms with van der Waals surface area (Å²) in [5, 5.41) is 4.09. The fourth-order valence-corrected chi connectivity index (χ4v) is 3.96. The smallest absolute Gasteiger partial charge is 0.341 e. The molecule has 0 saturated carbocycles. The van der Waals surface area contributed by atoms with E-state index < -0.39 is 22.0 Å². The molecule has 2 rings (SSSR count). The number of nitrogens with zero attached hydrogens (tertiary/aromatic N) is 3. The summed E-state index contributed by atoms with van der Waals surface area (Å²) < 4.78 is 51.2. The van der Waals surface area contributed by atoms with Gasteiger partial charge in [-0.1, -0.05) is 0 Å². The molecule has 1 aromatic heterocycles. The Morgan fingerprint density at radius 2 is 2.04 bits per heavy atom. The Balaban J connectivity index is 2.13. The molecule has 154 valence electrons. The zero-order valence-electron chi connectivity index (χ0n) is 15.9. The molecule has 0 radical (unpaired) electrons. The Morgan fingerprint density at radius 1 is 1.36 bits per heavy atom. The van der Waals surface area contributed by atoms with Crippen LogP contribution < -0.4 is 4.74 Å². The predicted octanol–water partition coefficient (Wildman–Crippen LogP) is 2.55. The number of rotatable bonds is 8. The van der Waals surface area contributed by atoms with Gasteiger partial charge in [0.2, 0.25) is 0 Å². The highest BCUT2D eigenvalue weighted by atomic mass is 79.9. The van der Waals surface area contributed by atoms with Crippen LogP contribution in [0.5, 0.6) is 5.75 Å². The Kier molecular flexibility index (Phi) is 7.18. The van der Waals surface area contributed by atoms with Crippen LogP contribution in [-0.4, -0.2) is 55.7 Å². The SMILES string of the molecule is COC(=O)c1cc(F)ccc1OCCCc1c(Br)c(C)nn1S(=O)(=O)N(C)C. The minimum Gasteiger partial charge on any atom is -0.493 e. The molecule has 0 aliphatic heterocycles. The number of benzene rings is 1. The maximum absolute atomic E-state index is 13.4. The van der Waals surface area contributed by atoms with Crippen molar-refractivity contribution in [2.75, 3.05) is 27.8 Å². The summed E-state index contributed by atoms with van der Waals surface area (Å²) in [5.41, 5.74) is 1.02. The van der Waals surface area contributed by atoms with Gasteiger partial charge >= 0.3 is 16.2 Å². The van der Waals surface area contributed by atoms with Crippen molar-refractivity contribution in [1.29, 1.82) is 0 Å². The lowest BCUT2D eigenvalue weighted by atomic mass is 10.2. The second-order valence-electron chi connectivity index (χ2n) is 6.06. The number of carbonyl (C=O) groups is 1. The van der Waals surface area contributed by atoms with Crippen LogP contribution in [0.4, 0.5) is 4.39 Å². The van der Waals surface area contributed by atoms with Crippen molar-refractivity contribution in [3.8, 4) is 5.75 Å². The molecule has 0 aliphatic rings. The second kappa shape index (κ2) is 9.01. The van der Waals surface area contributed by atoms with Gasteiger partial charge in [0.05, 0.1) is 29.6 Å². The fraction of sp³-hybridized carbons (Fsp3) is 0.412. The van der Waals surface area contributed by atoms with E-state index in [-0.39, 0.29) is 17.9 Å². The van der Waals surface area contributed by atoms with E-state index >= 15 is 0 Å². The second-order valence-corrected chi connectivity index (χ2v) is 8.83. The van der Waals surface area contributed by atoms with Crippen LogP contribution in [-0.2, 0) is 21.4 Å². The number of ether oxygens (including phenoxy) is 2. The molecule has 0 aliphatic carbocycles. The van der Waals surface area contributed by atoms with E-state index in [2.05, 4.69) is 25.8 Å². The molecular weight excluding hydrogens is 457 g/mol. The van der Waals surface area contributed by atoms with Crippen molar-refractivity contribution in [1.82, 2.24) is 13.5 Å². The zero-order chi connectivity index (χ0) is 21.1. The highest BCUT2D eigenvalue weighted by molar-refractivity contribution is 9.10. The first-order chi connectivity index (χ1) is 13.1. The van der Waals surface area contributed by atoms with E-state index in [1.165, 1.54) is 33.3 Å². The molecular formula is C17H21BrFN3O5S. The summed E-state index contributed by atoms with van der Waals surface area (Å²) in [6.07, 6.45) is 0.786. The number of halogens is 2. The van der Waals surface area contributed by atoms with Crippen LogP contribution in [0.3, 0.4) is 0 Å². The molecule has 0 amide bonds. The quantitative estimate of drug-likeness (QED) is 0.428. The summed E-state index contributed by atoms with van der Waals surface area (Å²) in [6.45, 7) is 1.88. The van der Waals surface area contributed by atoms with E-state index in [1.54, 1.807) is 6.92 Å². The third kappa shape index (κ3) is 4.70. The molecule has 0 atom stereocenters. The Labute approximate surface area is 171 Å². The van der Waals surface area contributed by atoms with Crippen LogP contribution in [0.25, 0.3) is 0 Å². The summed E-state index contributed by atoms with van der Waals surface area (Å²) in [7, 11) is 0.291. The van der Waals surface area contributed by atoms with Crippen LogP contribution >= 0.6 is 15.9 Å². The van der Waals surface area contributed by atoms with Crippen molar-refractivity contribution in [2.45, 2.75) is 19.8 Å². The van der Waals surface area contributed by atoms with Crippen molar-refractivity contribution in [3.05, 3.63) is 45.4 Å². The van der Waals surface area contributed by atoms with Crippen molar-refractivity contribution >= 4 is 32.1 Å². The lowest BCUT2D eigenvalue weighted by Gasteiger charge is -2.14. The van der Waals surface area contributed by atoms with Gasteiger partial charge in [-0.2, -0.15) is 17.8 Å². The maximum atomic E-state index is 13.4. The number of aromatic nitrogens is 2. The lowest BCUT2D eigenvalue weighted by molar-refractivity contribution is 0.0595. The highest BCUT2D eigenvalue weighted by Gasteiger charge is 2.24. The molecule has 0 saturated heterocycles. The van der Waals surface area contributed by atoms with E-state index in [0.717, 1.165) is 14.5 Å². The molecule has 0 fully saturated rings. The standard InChI is InChI=1S/C17H21BrFN3O5S/c1-11-16(18)14(22(20-11)28(24,25)21(2)3)6-5-9-27-15-8-7-12(19)10-13(15)17(23)26-4/h7-8,10H,5-6,9H2,1-4H3. The lowest BCUT2D eigenvalue weighted by Crippen LogP contribution is -2.31. The van der Waals surface area contributed by atoms with Crippen molar-refractivity contribution in [3.63, 3.8) is 0 Å². The number of hydrogen-bond acceptors (Lipinski definition) is 6. The minimum atomic E-state index is -3.76. The number of esters is 1. The summed E-state index contributed by atoms with van der Waals surface area (Å²) in [6, 6.07) is 3.57. The highest BCUT2D eigenvalue weighted by Crippen LogP contribution is 2.25. The Bertz CT molecular complexity index is 975. The first-order valence-electron chi connectivity index (χ1n) is 8.27. The molecule has 8 nitrogen and oxygen atoms in total. The van der Waals surface area contributed by atoms with Crippen LogP contribution in [0, 0.1) is 12.7 Å². The third-order valence-electron chi connectivity index (χ3n) is 3.89. The molecule has 0 N–H and O–H groups in total. The molecule has 1 aromatic carbocycles. The molecule has 2 aromatic rings. The summed E-state index contributed by atoms with van der Waals surface area (Å²) >= 11 is 3.38. The van der Waals surface area contributed by atoms with E-state index in [4.69, 9.17) is 4.74 Å². The Hall–Kier alpha value is -1.98. The van der Waals surface area contributed by atoms with Crippen molar-refractivity contribution < 1.29 is 27.1 Å². The zero-order valence-corrected chi connectivity index (χ0v) is 18.3. The van der Waals surface area contributed by atoms with Crippen LogP contribution in [0.15, 0.2) is 22.7 Å². The van der Waals surface area contributed by atoms with E-state index in [0.29, 0.717) is 28.7 Å². The largest absolute Gasteiger partial charge is 0.493 e. The van der Waals surface area contributed by atoms with E-state index in [1.807, 2.05) is 0 Å². The minimum absolute atomic E-state index is 0.0141. The number of hydrogen-bond donors (Lipinski definition) is 0. The fourth-order valence-electron chi connectivity index (χ4n) is 2.40. The van der Waals surface area contributed by atoms with Gasteiger partial charge in [0.25, 0.3) is 0 Å². The van der Waals surface area contributed by atoms with Gasteiger partial charge < -0.3 is 9.47 Å². The van der Waals surface area contributed by atoms with Crippen molar-refractivity contribution in [2.24, 2.45) is 0 Å². The van der Waals surface area contributed by atoms with E-state index in [9.17, 15) is 17.6 Å². The van der Waals surface area contributed by atoms with Gasteiger partial charge in [-0.15, -0.1) is 4.09 Å². The number of aryl methyl sites for hydroxylation is 1. The summed E-state index contributed by atoms with van der Waals surface area (Å²) in [4.78, 5) is 11.7. The molecule has 0 unspecified atom stereocenters. The van der Waals surface area contributed by atoms with Crippen LogP contribution in [0.2, 0.25) is 0 Å². The van der Waals surface area contributed by atoms with Gasteiger partial charge in [0, 0.05) is 14.1 Å². The monoisotopic (exact) mass is 477 g/mol. The first kappa shape index (κ1) is 22.3. The maximum Gasteiger partial charge on any atom is 0.341 e. The van der Waals surface area contributed by atoms with Gasteiger partial charge in [0.15, 0.2) is 0 Å². The average molecular weight is 478 g/mol. The number of carbonyl (C=O) groups excluding carboxylic acids is 1. The van der Waals surface area contributed by atoms with Crippen LogP contribution in [0.1, 0.15) is 28.2 Å². The average Bonchev–Trinajstić information content (AvgIpc) is 2.94. The first-order valence-corrected chi connectivity index (χ1v) is 10.5. The molecule has 11 heteroatoms. The van der Waals surface area contributed by atoms with Gasteiger partial charge in [-0.3, -0.25) is 0 Å². The molecule has 28 heavy (non-hydrogen) atoms. The third-order valence-corrected chi connectivity index (χ3v) is 6.58. The van der Waals surface area contributed by atoms with Gasteiger partial charge in [-0.25, -0.2) is 9.18 Å². The molecule has 0 spiro atoms. The molecule has 1 heterocycles. The molecule has 0 bridgehead atoms. The topological polar surface area (TPSA) is 90.7 Å². The van der Waals surface area contributed by atoms with Gasteiger partial charge in [-0.05, 0) is 53.9 Å². The number of methoxy groups -OCH3 is 1. The normalized spacial score (nSPS) is 11.7. The summed E-state index contributed by atoms with van der Waals surface area (Å²) in [5.74, 6) is -1.09. The predicted molar refractivity (Wildman–Crippen MR) is 104 cm³/mol.